The van der Waals surface area contributed by atoms with Crippen LogP contribution in [0.1, 0.15) is 10.4 Å². The van der Waals surface area contributed by atoms with Gasteiger partial charge in [0.1, 0.15) is 0 Å². The van der Waals surface area contributed by atoms with Gasteiger partial charge in [-0.05, 0) is 24.3 Å². The van der Waals surface area contributed by atoms with Crippen LogP contribution in [0.2, 0.25) is 0 Å². The topological polar surface area (TPSA) is 109 Å². The first-order valence-corrected chi connectivity index (χ1v) is 11.5. The predicted octanol–water partition coefficient (Wildman–Crippen LogP) is 0.314. The van der Waals surface area contributed by atoms with Crippen molar-refractivity contribution in [2.24, 2.45) is 0 Å². The van der Waals surface area contributed by atoms with Crippen LogP contribution in [-0.4, -0.2) is 11.5 Å². The molecule has 3 aromatic carbocycles. The van der Waals surface area contributed by atoms with Gasteiger partial charge in [0.2, 0.25) is 5.78 Å². The molecule has 0 atom stereocenters. The van der Waals surface area contributed by atoms with Gasteiger partial charge in [0.05, 0.1) is 20.7 Å². The summed E-state index contributed by atoms with van der Waals surface area (Å²) in [5.41, 5.74) is 0.799. The Hall–Kier alpha value is -1.84. The van der Waals surface area contributed by atoms with E-state index in [1.807, 2.05) is 30.3 Å². The number of halogens is 1. The summed E-state index contributed by atoms with van der Waals surface area (Å²) in [5.74, 6) is 0.754. The number of hydrogen-bond acceptors (Lipinski definition) is 6. The zero-order valence-corrected chi connectivity index (χ0v) is 16.8. The number of Topliss-reactive ketones (excluding diaryl/α,β-unsaturated/α-hetero) is 1. The molecule has 0 bridgehead atoms. The Balaban J connectivity index is 0.000000403. The first-order valence-electron chi connectivity index (χ1n) is 8.10. The minimum atomic E-state index is -4.94. The molecular formula is C20H15ClO5S2. The maximum absolute atomic E-state index is 12.7. The van der Waals surface area contributed by atoms with Gasteiger partial charge in [-0.15, -0.1) is 10.2 Å². The number of carbonyl (C=O) groups is 1. The fourth-order valence-electron chi connectivity index (χ4n) is 2.71. The van der Waals surface area contributed by atoms with Crippen molar-refractivity contribution in [1.82, 2.24) is 0 Å². The lowest BCUT2D eigenvalue weighted by atomic mass is 10.2. The van der Waals surface area contributed by atoms with Gasteiger partial charge in [-0.25, -0.2) is 18.6 Å². The molecule has 8 heteroatoms. The normalized spacial score (nSPS) is 13.0. The standard InChI is InChI=1S/C20H15OS2.ClHO4/c21-16(15-8-2-1-3-9-15)14-23-19-12-6-4-10-17(19)22-18-11-5-7-13-20(18)23;2-1(3,4)5/h1-13H,14H2;(H,2,3,4,5)/q+1;/p-1. The minimum Gasteiger partial charge on any atom is -0.289 e. The lowest BCUT2D eigenvalue weighted by Gasteiger charge is -2.18. The van der Waals surface area contributed by atoms with Gasteiger partial charge in [0, 0.05) is 5.56 Å². The van der Waals surface area contributed by atoms with Gasteiger partial charge in [-0.3, -0.25) is 4.79 Å². The third kappa shape index (κ3) is 5.59. The van der Waals surface area contributed by atoms with E-state index in [0.29, 0.717) is 5.75 Å². The second-order valence-electron chi connectivity index (χ2n) is 5.70. The SMILES string of the molecule is O=C(C[S+]1c2ccccc2Sc2ccccc21)c1ccccc1.[O-][Cl+3]([O-])([O-])[O-]. The average Bonchev–Trinajstić information content (AvgIpc) is 2.67. The Kier molecular flexibility index (Phi) is 6.79. The Morgan fingerprint density at radius 2 is 1.18 bits per heavy atom. The quantitative estimate of drug-likeness (QED) is 0.433. The van der Waals surface area contributed by atoms with Crippen LogP contribution in [-0.2, 0) is 10.9 Å². The lowest BCUT2D eigenvalue weighted by Crippen LogP contribution is -2.68. The molecular weight excluding hydrogens is 420 g/mol. The zero-order valence-electron chi connectivity index (χ0n) is 14.4. The molecule has 144 valence electrons. The second kappa shape index (κ2) is 9.11. The Bertz CT molecular complexity index is 909. The van der Waals surface area contributed by atoms with Crippen molar-refractivity contribution in [2.75, 3.05) is 5.75 Å². The Morgan fingerprint density at radius 1 is 0.750 bits per heavy atom. The van der Waals surface area contributed by atoms with Crippen LogP contribution in [0.4, 0.5) is 0 Å². The molecule has 0 amide bonds. The van der Waals surface area contributed by atoms with E-state index in [1.54, 1.807) is 11.8 Å². The number of fused-ring (bicyclic) bond motifs is 2. The van der Waals surface area contributed by atoms with Crippen LogP contribution in [0, 0.1) is 10.2 Å². The van der Waals surface area contributed by atoms with Gasteiger partial charge < -0.3 is 0 Å². The van der Waals surface area contributed by atoms with E-state index in [4.69, 9.17) is 18.6 Å². The largest absolute Gasteiger partial charge is 0.289 e. The summed E-state index contributed by atoms with van der Waals surface area (Å²) < 4.78 is 34.0. The van der Waals surface area contributed by atoms with Crippen LogP contribution < -0.4 is 18.6 Å². The smallest absolute Gasteiger partial charge is 0.212 e. The van der Waals surface area contributed by atoms with Crippen LogP contribution in [0.5, 0.6) is 0 Å². The Labute approximate surface area is 171 Å². The van der Waals surface area contributed by atoms with Crippen molar-refractivity contribution in [3.63, 3.8) is 0 Å². The maximum Gasteiger partial charge on any atom is 0.212 e. The summed E-state index contributed by atoms with van der Waals surface area (Å²) in [6, 6.07) is 26.5. The molecule has 3 aromatic rings. The summed E-state index contributed by atoms with van der Waals surface area (Å²) >= 11 is 1.80. The van der Waals surface area contributed by atoms with E-state index in [0.717, 1.165) is 5.56 Å². The molecule has 5 nitrogen and oxygen atoms in total. The summed E-state index contributed by atoms with van der Waals surface area (Å²) in [6.07, 6.45) is 0. The lowest BCUT2D eigenvalue weighted by molar-refractivity contribution is -2.00. The third-order valence-electron chi connectivity index (χ3n) is 3.82. The van der Waals surface area contributed by atoms with Crippen molar-refractivity contribution in [1.29, 1.82) is 0 Å². The molecule has 1 heterocycles. The van der Waals surface area contributed by atoms with Gasteiger partial charge >= 0.3 is 0 Å². The van der Waals surface area contributed by atoms with Crippen molar-refractivity contribution in [3.05, 3.63) is 84.4 Å². The molecule has 1 aliphatic rings. The maximum atomic E-state index is 12.7. The summed E-state index contributed by atoms with van der Waals surface area (Å²) in [5, 5.41) is 0. The summed E-state index contributed by atoms with van der Waals surface area (Å²) in [4.78, 5) is 17.9. The van der Waals surface area contributed by atoms with Crippen molar-refractivity contribution < 1.29 is 33.7 Å². The van der Waals surface area contributed by atoms with E-state index in [1.165, 1.54) is 19.6 Å². The molecule has 0 N–H and O–H groups in total. The van der Waals surface area contributed by atoms with Crippen LogP contribution >= 0.6 is 11.8 Å². The fraction of sp³-hybridized carbons (Fsp3) is 0.0500. The second-order valence-corrected chi connectivity index (χ2v) is 9.49. The highest BCUT2D eigenvalue weighted by Crippen LogP contribution is 2.45. The van der Waals surface area contributed by atoms with E-state index in [-0.39, 0.29) is 16.7 Å². The number of ketones is 1. The molecule has 0 radical (unpaired) electrons. The van der Waals surface area contributed by atoms with Crippen molar-refractivity contribution in [2.45, 2.75) is 19.6 Å². The molecule has 0 fully saturated rings. The van der Waals surface area contributed by atoms with Crippen molar-refractivity contribution >= 4 is 28.4 Å². The first kappa shape index (κ1) is 20.9. The molecule has 0 unspecified atom stereocenters. The molecule has 1 aliphatic heterocycles. The highest BCUT2D eigenvalue weighted by Gasteiger charge is 2.37. The average molecular weight is 435 g/mol. The van der Waals surface area contributed by atoms with E-state index in [2.05, 4.69) is 48.5 Å². The molecule has 28 heavy (non-hydrogen) atoms. The third-order valence-corrected chi connectivity index (χ3v) is 7.56. The number of hydrogen-bond donors (Lipinski definition) is 0. The van der Waals surface area contributed by atoms with E-state index in [9.17, 15) is 4.79 Å². The summed E-state index contributed by atoms with van der Waals surface area (Å²) in [6.45, 7) is 0. The molecule has 0 aromatic heterocycles. The highest BCUT2D eigenvalue weighted by molar-refractivity contribution is 8.04. The number of carbonyl (C=O) groups excluding carboxylic acids is 1. The predicted molar refractivity (Wildman–Crippen MR) is 96.5 cm³/mol. The molecule has 0 saturated heterocycles. The van der Waals surface area contributed by atoms with Crippen molar-refractivity contribution in [3.8, 4) is 0 Å². The van der Waals surface area contributed by atoms with Crippen LogP contribution in [0.25, 0.3) is 0 Å². The Morgan fingerprint density at radius 3 is 1.68 bits per heavy atom. The van der Waals surface area contributed by atoms with Gasteiger partial charge in [0.15, 0.2) is 15.5 Å². The molecule has 0 saturated carbocycles. The number of benzene rings is 3. The monoisotopic (exact) mass is 434 g/mol. The van der Waals surface area contributed by atoms with Gasteiger partial charge in [-0.2, -0.15) is 0 Å². The van der Waals surface area contributed by atoms with Gasteiger partial charge in [-0.1, -0.05) is 66.4 Å². The highest BCUT2D eigenvalue weighted by atomic mass is 35.7. The first-order chi connectivity index (χ1) is 13.3. The van der Waals surface area contributed by atoms with Crippen LogP contribution in [0.3, 0.4) is 0 Å². The number of rotatable bonds is 3. The molecule has 4 rings (SSSR count). The zero-order chi connectivity index (χ0) is 20.1. The minimum absolute atomic E-state index is 0.195. The van der Waals surface area contributed by atoms with E-state index < -0.39 is 10.2 Å². The molecule has 0 aliphatic carbocycles. The van der Waals surface area contributed by atoms with Crippen LogP contribution in [0.15, 0.2) is 98.4 Å². The van der Waals surface area contributed by atoms with E-state index >= 15 is 0 Å². The summed E-state index contributed by atoms with van der Waals surface area (Å²) in [7, 11) is -5.14. The molecule has 0 spiro atoms. The fourth-order valence-corrected chi connectivity index (χ4v) is 6.51. The van der Waals surface area contributed by atoms with Gasteiger partial charge in [0.25, 0.3) is 0 Å².